The molecule has 0 spiro atoms. The van der Waals surface area contributed by atoms with Crippen molar-refractivity contribution in [2.24, 2.45) is 5.73 Å². The Morgan fingerprint density at radius 1 is 1.15 bits per heavy atom. The Kier molecular flexibility index (Phi) is 7.99. The van der Waals surface area contributed by atoms with Gasteiger partial charge in [-0.05, 0) is 37.3 Å². The van der Waals surface area contributed by atoms with E-state index in [2.05, 4.69) is 15.4 Å². The van der Waals surface area contributed by atoms with Gasteiger partial charge >= 0.3 is 6.61 Å². The van der Waals surface area contributed by atoms with E-state index in [-0.39, 0.29) is 24.4 Å². The van der Waals surface area contributed by atoms with Gasteiger partial charge in [0.25, 0.3) is 5.91 Å². The number of hydrogen-bond acceptors (Lipinski definition) is 7. The Balaban J connectivity index is 1.25. The van der Waals surface area contributed by atoms with Crippen molar-refractivity contribution in [1.29, 1.82) is 5.41 Å². The number of likely N-dealkylation sites (tertiary alicyclic amines) is 1. The summed E-state index contributed by atoms with van der Waals surface area (Å²) in [5.41, 5.74) is 7.50. The summed E-state index contributed by atoms with van der Waals surface area (Å²) in [5, 5.41) is 16.3. The first-order valence-corrected chi connectivity index (χ1v) is 13.6. The van der Waals surface area contributed by atoms with Gasteiger partial charge in [-0.3, -0.25) is 19.8 Å². The Labute approximate surface area is 236 Å². The number of ether oxygens (including phenoxy) is 1. The molecule has 0 aliphatic carbocycles. The van der Waals surface area contributed by atoms with E-state index in [1.54, 1.807) is 36.6 Å². The molecule has 41 heavy (non-hydrogen) atoms. The maximum absolute atomic E-state index is 13.2. The fourth-order valence-corrected chi connectivity index (χ4v) is 5.81. The van der Waals surface area contributed by atoms with Crippen LogP contribution < -0.4 is 16.4 Å². The van der Waals surface area contributed by atoms with Gasteiger partial charge in [0.05, 0.1) is 18.7 Å². The molecule has 3 heterocycles. The molecular weight excluding hydrogens is 556 g/mol. The quantitative estimate of drug-likeness (QED) is 0.174. The van der Waals surface area contributed by atoms with E-state index in [4.69, 9.17) is 15.6 Å². The number of amidine groups is 1. The number of rotatable bonds is 9. The number of nitrogen functional groups attached to an aromatic ring is 1. The molecule has 214 valence electrons. The molecule has 3 amide bonds. The highest BCUT2D eigenvalue weighted by Crippen LogP contribution is 2.29. The van der Waals surface area contributed by atoms with Crippen LogP contribution in [0.4, 0.5) is 8.78 Å². The number of nitrogens with two attached hydrogens (primary N) is 1. The van der Waals surface area contributed by atoms with Crippen LogP contribution in [0.5, 0.6) is 0 Å². The zero-order valence-corrected chi connectivity index (χ0v) is 22.7. The van der Waals surface area contributed by atoms with Crippen molar-refractivity contribution in [1.82, 2.24) is 15.5 Å². The molecular formula is C28H27F2N5O5S. The van der Waals surface area contributed by atoms with Crippen molar-refractivity contribution in [3.8, 4) is 0 Å². The molecule has 13 heteroatoms. The molecule has 5 rings (SSSR count). The number of nitrogens with one attached hydrogen (secondary N) is 3. The van der Waals surface area contributed by atoms with E-state index in [9.17, 15) is 23.2 Å². The van der Waals surface area contributed by atoms with Crippen LogP contribution in [-0.4, -0.2) is 60.3 Å². The summed E-state index contributed by atoms with van der Waals surface area (Å²) in [6.07, 6.45) is -1.18. The summed E-state index contributed by atoms with van der Waals surface area (Å²) < 4.78 is 36.3. The van der Waals surface area contributed by atoms with E-state index in [1.165, 1.54) is 11.3 Å². The molecule has 1 unspecified atom stereocenters. The van der Waals surface area contributed by atoms with E-state index in [0.29, 0.717) is 16.7 Å². The maximum atomic E-state index is 13.2. The number of hydrogen-bond donors (Lipinski definition) is 4. The van der Waals surface area contributed by atoms with Crippen LogP contribution >= 0.6 is 11.3 Å². The minimum absolute atomic E-state index is 0.106. The van der Waals surface area contributed by atoms with Crippen LogP contribution in [-0.2, 0) is 14.3 Å². The molecule has 3 atom stereocenters. The number of nitrogens with zero attached hydrogens (tertiary/aromatic N) is 1. The molecule has 4 aromatic rings. The number of carbonyl (C=O) groups excluding carboxylic acids is 3. The number of furan rings is 1. The molecule has 1 aliphatic rings. The predicted octanol–water partition coefficient (Wildman–Crippen LogP) is 3.75. The molecule has 1 fully saturated rings. The standard InChI is InChI=1S/C28H27F2N5O5S/c1-14(23-9-16(13-41-23)25(31)32)34-27(38)20-10-17(39-28(29)30)12-35(20)24(36)11-33-26(37)15-6-7-19-18-4-2-3-5-21(18)40-22(19)8-15/h2-9,13-14,17,20,28H,10-12H2,1H3,(H3,31,32)(H,33,37)(H,34,38)/t14?,17-,20+/m1/s1. The monoisotopic (exact) mass is 583 g/mol. The number of amides is 3. The summed E-state index contributed by atoms with van der Waals surface area (Å²) in [6.45, 7) is -2.03. The topological polar surface area (TPSA) is 151 Å². The molecule has 1 saturated heterocycles. The van der Waals surface area contributed by atoms with Gasteiger partial charge in [-0.1, -0.05) is 18.2 Å². The third-order valence-electron chi connectivity index (χ3n) is 6.94. The highest BCUT2D eigenvalue weighted by Gasteiger charge is 2.41. The first kappa shape index (κ1) is 28.2. The SMILES string of the molecule is CC(NC(=O)[C@@H]1C[C@@H](OC(F)F)CN1C(=O)CNC(=O)c1ccc2c(c1)oc1ccccc12)c1cc(C(=N)N)cs1. The van der Waals surface area contributed by atoms with Gasteiger partial charge in [0, 0.05) is 45.1 Å². The molecule has 1 aliphatic heterocycles. The average molecular weight is 584 g/mol. The van der Waals surface area contributed by atoms with Gasteiger partial charge < -0.3 is 30.4 Å². The van der Waals surface area contributed by atoms with Crippen LogP contribution in [0.25, 0.3) is 21.9 Å². The largest absolute Gasteiger partial charge is 0.456 e. The number of thiophene rings is 1. The molecule has 10 nitrogen and oxygen atoms in total. The lowest BCUT2D eigenvalue weighted by molar-refractivity contribution is -0.160. The highest BCUT2D eigenvalue weighted by molar-refractivity contribution is 7.10. The first-order chi connectivity index (χ1) is 19.6. The van der Waals surface area contributed by atoms with Gasteiger partial charge in [0.15, 0.2) is 0 Å². The second-order valence-corrected chi connectivity index (χ2v) is 10.6. The zero-order chi connectivity index (χ0) is 29.3. The molecule has 0 bridgehead atoms. The Morgan fingerprint density at radius 2 is 1.90 bits per heavy atom. The van der Waals surface area contributed by atoms with E-state index >= 15 is 0 Å². The van der Waals surface area contributed by atoms with Gasteiger partial charge in [-0.2, -0.15) is 8.78 Å². The van der Waals surface area contributed by atoms with E-state index in [1.807, 2.05) is 24.3 Å². The fourth-order valence-electron chi connectivity index (χ4n) is 4.89. The van der Waals surface area contributed by atoms with Crippen LogP contribution in [0.2, 0.25) is 0 Å². The summed E-state index contributed by atoms with van der Waals surface area (Å²) in [6, 6.07) is 12.5. The molecule has 2 aromatic carbocycles. The lowest BCUT2D eigenvalue weighted by Gasteiger charge is -2.25. The van der Waals surface area contributed by atoms with Crippen molar-refractivity contribution in [2.75, 3.05) is 13.1 Å². The van der Waals surface area contributed by atoms with Crippen molar-refractivity contribution in [3.05, 3.63) is 69.9 Å². The average Bonchev–Trinajstić information content (AvgIpc) is 3.68. The van der Waals surface area contributed by atoms with Gasteiger partial charge in [-0.15, -0.1) is 11.3 Å². The van der Waals surface area contributed by atoms with Crippen molar-refractivity contribution in [2.45, 2.75) is 38.1 Å². The Bertz CT molecular complexity index is 1640. The van der Waals surface area contributed by atoms with Crippen LogP contribution in [0, 0.1) is 5.41 Å². The first-order valence-electron chi connectivity index (χ1n) is 12.8. The number of alkyl halides is 2. The normalized spacial score (nSPS) is 17.7. The minimum atomic E-state index is -3.07. The zero-order valence-electron chi connectivity index (χ0n) is 21.9. The second kappa shape index (κ2) is 11.6. The number of halogens is 2. The predicted molar refractivity (Wildman–Crippen MR) is 149 cm³/mol. The fraction of sp³-hybridized carbons (Fsp3) is 0.286. The summed E-state index contributed by atoms with van der Waals surface area (Å²) in [5.74, 6) is -1.81. The van der Waals surface area contributed by atoms with Crippen molar-refractivity contribution >= 4 is 56.8 Å². The maximum Gasteiger partial charge on any atom is 0.345 e. The van der Waals surface area contributed by atoms with Gasteiger partial charge in [-0.25, -0.2) is 0 Å². The number of fused-ring (bicyclic) bond motifs is 3. The van der Waals surface area contributed by atoms with Crippen LogP contribution in [0.15, 0.2) is 58.3 Å². The summed E-state index contributed by atoms with van der Waals surface area (Å²) in [7, 11) is 0. The Hall–Kier alpha value is -4.36. The third-order valence-corrected chi connectivity index (χ3v) is 8.05. The van der Waals surface area contributed by atoms with Crippen LogP contribution in [0.1, 0.15) is 40.2 Å². The van der Waals surface area contributed by atoms with Crippen LogP contribution in [0.3, 0.4) is 0 Å². The van der Waals surface area contributed by atoms with E-state index < -0.39 is 49.1 Å². The summed E-state index contributed by atoms with van der Waals surface area (Å²) in [4.78, 5) is 41.0. The summed E-state index contributed by atoms with van der Waals surface area (Å²) >= 11 is 1.30. The molecule has 5 N–H and O–H groups in total. The number of benzene rings is 2. The van der Waals surface area contributed by atoms with Gasteiger partial charge in [0.2, 0.25) is 11.8 Å². The third kappa shape index (κ3) is 6.05. The van der Waals surface area contributed by atoms with Gasteiger partial charge in [0.1, 0.15) is 23.0 Å². The minimum Gasteiger partial charge on any atom is -0.456 e. The second-order valence-electron chi connectivity index (χ2n) is 9.69. The lowest BCUT2D eigenvalue weighted by Crippen LogP contribution is -2.49. The smallest absolute Gasteiger partial charge is 0.345 e. The molecule has 0 radical (unpaired) electrons. The van der Waals surface area contributed by atoms with Crippen molar-refractivity contribution in [3.63, 3.8) is 0 Å². The van der Waals surface area contributed by atoms with Crippen molar-refractivity contribution < 1.29 is 32.3 Å². The molecule has 2 aromatic heterocycles. The highest BCUT2D eigenvalue weighted by atomic mass is 32.1. The lowest BCUT2D eigenvalue weighted by atomic mass is 10.1. The number of para-hydroxylation sites is 1. The Morgan fingerprint density at radius 3 is 2.63 bits per heavy atom. The molecule has 0 saturated carbocycles. The number of carbonyl (C=O) groups is 3. The van der Waals surface area contributed by atoms with E-state index in [0.717, 1.165) is 20.5 Å².